The fraction of sp³-hybridized carbons (Fsp3) is 0.300. The van der Waals surface area contributed by atoms with Crippen molar-refractivity contribution in [2.45, 2.75) is 37.3 Å². The number of carboxylic acid groups (broad SMARTS) is 2. The van der Waals surface area contributed by atoms with E-state index >= 15 is 0 Å². The van der Waals surface area contributed by atoms with Crippen LogP contribution in [0.25, 0.3) is 11.0 Å². The van der Waals surface area contributed by atoms with Gasteiger partial charge in [-0.3, -0.25) is 0 Å². The van der Waals surface area contributed by atoms with Crippen molar-refractivity contribution in [1.29, 1.82) is 0 Å². The van der Waals surface area contributed by atoms with Crippen molar-refractivity contribution in [3.63, 3.8) is 0 Å². The molecule has 8 nitrogen and oxygen atoms in total. The molecule has 1 aliphatic rings. The van der Waals surface area contributed by atoms with Crippen LogP contribution in [0.3, 0.4) is 0 Å². The average molecular weight is 564 g/mol. The first-order valence-corrected chi connectivity index (χ1v) is 9.83. The van der Waals surface area contributed by atoms with Crippen LogP contribution in [0.2, 0.25) is 0 Å². The summed E-state index contributed by atoms with van der Waals surface area (Å²) in [6.45, 7) is 0.262. The molecule has 0 aliphatic carbocycles. The van der Waals surface area contributed by atoms with Gasteiger partial charge < -0.3 is 20.5 Å². The van der Waals surface area contributed by atoms with E-state index < -0.39 is 59.7 Å². The Labute approximate surface area is 204 Å². The Balaban J connectivity index is 0.000000301. The number of nitrogens with zero attached hydrogens (tertiary/aromatic N) is 3. The van der Waals surface area contributed by atoms with Gasteiger partial charge in [0.15, 0.2) is 11.6 Å². The number of benzene rings is 1. The normalized spacial score (nSPS) is 17.0. The summed E-state index contributed by atoms with van der Waals surface area (Å²) >= 11 is 0. The SMILES string of the molecule is N[C@H]1Cn2c(nc3cnc(F)cc32)C[C@@H]1c1cc(F)c(F)cc1F.O=C(O)C(F)(F)F.O=C(O)C(F)(F)F. The topological polar surface area (TPSA) is 131 Å². The highest BCUT2D eigenvalue weighted by molar-refractivity contribution is 5.75. The van der Waals surface area contributed by atoms with Gasteiger partial charge in [-0.1, -0.05) is 0 Å². The molecule has 0 bridgehead atoms. The molecule has 0 saturated heterocycles. The molecule has 2 aromatic heterocycles. The van der Waals surface area contributed by atoms with Crippen molar-refractivity contribution < 1.29 is 63.7 Å². The Kier molecular flexibility index (Phi) is 8.92. The van der Waals surface area contributed by atoms with E-state index in [1.54, 1.807) is 4.57 Å². The summed E-state index contributed by atoms with van der Waals surface area (Å²) < 4.78 is 119. The number of aromatic nitrogens is 3. The van der Waals surface area contributed by atoms with Crippen LogP contribution in [0, 0.1) is 23.4 Å². The van der Waals surface area contributed by atoms with Crippen LogP contribution in [0.1, 0.15) is 17.3 Å². The summed E-state index contributed by atoms with van der Waals surface area (Å²) in [6, 6.07) is 2.07. The zero-order chi connectivity index (χ0) is 29.2. The minimum atomic E-state index is -5.08. The van der Waals surface area contributed by atoms with Crippen molar-refractivity contribution in [3.8, 4) is 0 Å². The van der Waals surface area contributed by atoms with Crippen molar-refractivity contribution in [2.24, 2.45) is 5.73 Å². The number of aliphatic carboxylic acids is 2. The second kappa shape index (κ2) is 11.2. The summed E-state index contributed by atoms with van der Waals surface area (Å²) in [7, 11) is 0. The fourth-order valence-electron chi connectivity index (χ4n) is 3.26. The van der Waals surface area contributed by atoms with E-state index in [1.165, 1.54) is 12.3 Å². The molecule has 0 spiro atoms. The van der Waals surface area contributed by atoms with E-state index in [0.29, 0.717) is 22.9 Å². The van der Waals surface area contributed by atoms with Gasteiger partial charge in [-0.25, -0.2) is 32.7 Å². The molecule has 4 N–H and O–H groups in total. The monoisotopic (exact) mass is 564 g/mol. The lowest BCUT2D eigenvalue weighted by molar-refractivity contribution is -0.193. The van der Waals surface area contributed by atoms with Gasteiger partial charge in [0.25, 0.3) is 0 Å². The van der Waals surface area contributed by atoms with Gasteiger partial charge in [0.2, 0.25) is 5.95 Å². The number of rotatable bonds is 1. The van der Waals surface area contributed by atoms with Crippen molar-refractivity contribution in [1.82, 2.24) is 14.5 Å². The summed E-state index contributed by atoms with van der Waals surface area (Å²) in [6.07, 6.45) is -8.62. The highest BCUT2D eigenvalue weighted by Gasteiger charge is 2.39. The molecular weight excluding hydrogens is 550 g/mol. The van der Waals surface area contributed by atoms with Crippen LogP contribution in [0.5, 0.6) is 0 Å². The van der Waals surface area contributed by atoms with Crippen LogP contribution in [0.15, 0.2) is 24.4 Å². The van der Waals surface area contributed by atoms with E-state index in [1.807, 2.05) is 0 Å². The molecule has 38 heavy (non-hydrogen) atoms. The van der Waals surface area contributed by atoms with E-state index in [9.17, 15) is 43.9 Å². The molecule has 3 heterocycles. The summed E-state index contributed by atoms with van der Waals surface area (Å²) in [4.78, 5) is 25.7. The molecule has 1 aromatic carbocycles. The molecule has 208 valence electrons. The molecule has 0 unspecified atom stereocenters. The van der Waals surface area contributed by atoms with Gasteiger partial charge in [0.1, 0.15) is 17.2 Å². The highest BCUT2D eigenvalue weighted by Crippen LogP contribution is 2.33. The second-order valence-electron chi connectivity index (χ2n) is 7.50. The Hall–Kier alpha value is -3.96. The van der Waals surface area contributed by atoms with E-state index in [4.69, 9.17) is 25.5 Å². The second-order valence-corrected chi connectivity index (χ2v) is 7.50. The van der Waals surface area contributed by atoms with Gasteiger partial charge >= 0.3 is 24.3 Å². The van der Waals surface area contributed by atoms with Crippen molar-refractivity contribution >= 4 is 23.0 Å². The van der Waals surface area contributed by atoms with E-state index in [2.05, 4.69) is 9.97 Å². The molecule has 0 amide bonds. The zero-order valence-corrected chi connectivity index (χ0v) is 18.3. The Bertz CT molecular complexity index is 1320. The number of fused-ring (bicyclic) bond motifs is 3. The largest absolute Gasteiger partial charge is 0.490 e. The standard InChI is InChI=1S/C16H12F4N4.2C2HF3O2/c17-9-3-11(19)10(18)1-7(9)8-2-16-23-13-5-22-15(20)4-14(13)24(16)6-12(8)21;2*3-2(4,5)1(6)7/h1,3-5,8,12H,2,6,21H2;2*(H,6,7)/t8-,12+;;/m1../s1. The number of hydrogen-bond acceptors (Lipinski definition) is 5. The average Bonchev–Trinajstić information content (AvgIpc) is 3.12. The van der Waals surface area contributed by atoms with Gasteiger partial charge in [-0.05, 0) is 11.6 Å². The number of carbonyl (C=O) groups is 2. The first-order valence-electron chi connectivity index (χ1n) is 9.83. The first-order chi connectivity index (χ1) is 17.3. The zero-order valence-electron chi connectivity index (χ0n) is 18.3. The molecular formula is C20H14F10N4O4. The third kappa shape index (κ3) is 7.30. The Morgan fingerprint density at radius 3 is 1.89 bits per heavy atom. The number of carboxylic acids is 2. The summed E-state index contributed by atoms with van der Waals surface area (Å²) in [5, 5.41) is 14.2. The van der Waals surface area contributed by atoms with Crippen molar-refractivity contribution in [3.05, 3.63) is 59.2 Å². The number of imidazole rings is 1. The maximum atomic E-state index is 14.1. The van der Waals surface area contributed by atoms with Crippen LogP contribution in [0.4, 0.5) is 43.9 Å². The number of hydrogen-bond donors (Lipinski definition) is 3. The van der Waals surface area contributed by atoms with Gasteiger partial charge in [0, 0.05) is 37.1 Å². The molecule has 18 heteroatoms. The molecule has 1 aliphatic heterocycles. The lowest BCUT2D eigenvalue weighted by atomic mass is 9.86. The number of pyridine rings is 1. The minimum Gasteiger partial charge on any atom is -0.475 e. The van der Waals surface area contributed by atoms with E-state index in [-0.39, 0.29) is 18.5 Å². The quantitative estimate of drug-likeness (QED) is 0.232. The first kappa shape index (κ1) is 30.3. The number of halogens is 10. The lowest BCUT2D eigenvalue weighted by Gasteiger charge is -2.30. The predicted octanol–water partition coefficient (Wildman–Crippen LogP) is 3.92. The number of alkyl halides is 6. The predicted molar refractivity (Wildman–Crippen MR) is 106 cm³/mol. The van der Waals surface area contributed by atoms with Gasteiger partial charge in [-0.2, -0.15) is 30.7 Å². The Morgan fingerprint density at radius 1 is 0.895 bits per heavy atom. The molecule has 0 radical (unpaired) electrons. The lowest BCUT2D eigenvalue weighted by Crippen LogP contribution is -2.39. The molecule has 0 fully saturated rings. The Morgan fingerprint density at radius 2 is 1.39 bits per heavy atom. The molecule has 4 rings (SSSR count). The smallest absolute Gasteiger partial charge is 0.475 e. The third-order valence-corrected chi connectivity index (χ3v) is 4.92. The maximum absolute atomic E-state index is 14.1. The number of nitrogens with two attached hydrogens (primary N) is 1. The third-order valence-electron chi connectivity index (χ3n) is 4.92. The summed E-state index contributed by atoms with van der Waals surface area (Å²) in [5.74, 6) is -9.33. The van der Waals surface area contributed by atoms with Gasteiger partial charge in [0.05, 0.1) is 11.7 Å². The van der Waals surface area contributed by atoms with Crippen LogP contribution in [-0.2, 0) is 22.6 Å². The molecule has 0 saturated carbocycles. The van der Waals surface area contributed by atoms with E-state index in [0.717, 1.165) is 6.07 Å². The maximum Gasteiger partial charge on any atom is 0.490 e. The molecule has 3 aromatic rings. The minimum absolute atomic E-state index is 0.0176. The molecule has 2 atom stereocenters. The van der Waals surface area contributed by atoms with Gasteiger partial charge in [-0.15, -0.1) is 0 Å². The van der Waals surface area contributed by atoms with Crippen LogP contribution >= 0.6 is 0 Å². The fourth-order valence-corrected chi connectivity index (χ4v) is 3.26. The van der Waals surface area contributed by atoms with Crippen LogP contribution < -0.4 is 5.73 Å². The highest BCUT2D eigenvalue weighted by atomic mass is 19.4. The van der Waals surface area contributed by atoms with Crippen LogP contribution in [-0.4, -0.2) is 55.1 Å². The summed E-state index contributed by atoms with van der Waals surface area (Å²) in [5.41, 5.74) is 7.21. The van der Waals surface area contributed by atoms with Crippen molar-refractivity contribution in [2.75, 3.05) is 0 Å².